The number of phosphoric acid groups is 1. The predicted molar refractivity (Wildman–Crippen MR) is 80.0 cm³/mol. The van der Waals surface area contributed by atoms with E-state index in [9.17, 15) is 14.2 Å². The van der Waals surface area contributed by atoms with Crippen molar-refractivity contribution in [2.24, 2.45) is 0 Å². The van der Waals surface area contributed by atoms with Crippen LogP contribution in [0.3, 0.4) is 0 Å². The predicted octanol–water partition coefficient (Wildman–Crippen LogP) is 2.42. The Morgan fingerprint density at radius 3 is 2.22 bits per heavy atom. The second kappa shape index (κ2) is 7.59. The van der Waals surface area contributed by atoms with Crippen molar-refractivity contribution >= 4 is 19.9 Å². The normalized spacial score (nSPS) is 17.7. The van der Waals surface area contributed by atoms with Crippen molar-refractivity contribution in [1.29, 1.82) is 0 Å². The molecule has 0 spiro atoms. The van der Waals surface area contributed by atoms with Crippen molar-refractivity contribution < 1.29 is 32.5 Å². The third-order valence-electron chi connectivity index (χ3n) is 2.92. The number of hydrogen-bond acceptors (Lipinski definition) is 7. The van der Waals surface area contributed by atoms with Crippen molar-refractivity contribution in [3.8, 4) is 5.75 Å². The van der Waals surface area contributed by atoms with E-state index in [1.165, 1.54) is 0 Å². The SMILES string of the molecule is CCOP(=O)(OCC)Oc1ccc(C[C@H]2NC(=O)OC2=O)cc1. The zero-order valence-electron chi connectivity index (χ0n) is 12.8. The van der Waals surface area contributed by atoms with Gasteiger partial charge in [0.25, 0.3) is 0 Å². The molecule has 9 heteroatoms. The number of phosphoric ester groups is 1. The lowest BCUT2D eigenvalue weighted by atomic mass is 10.1. The first kappa shape index (κ1) is 17.5. The van der Waals surface area contributed by atoms with Crippen molar-refractivity contribution in [3.63, 3.8) is 0 Å². The van der Waals surface area contributed by atoms with Gasteiger partial charge >= 0.3 is 19.9 Å². The molecule has 1 amide bonds. The van der Waals surface area contributed by atoms with Crippen LogP contribution < -0.4 is 9.84 Å². The van der Waals surface area contributed by atoms with Gasteiger partial charge < -0.3 is 14.6 Å². The van der Waals surface area contributed by atoms with Crippen LogP contribution in [0.15, 0.2) is 24.3 Å². The molecule has 0 bridgehead atoms. The van der Waals surface area contributed by atoms with Gasteiger partial charge in [-0.25, -0.2) is 14.2 Å². The van der Waals surface area contributed by atoms with E-state index in [0.29, 0.717) is 12.2 Å². The van der Waals surface area contributed by atoms with E-state index in [2.05, 4.69) is 10.1 Å². The lowest BCUT2D eigenvalue weighted by molar-refractivity contribution is -0.135. The summed E-state index contributed by atoms with van der Waals surface area (Å²) < 4.78 is 32.0. The number of hydrogen-bond donors (Lipinski definition) is 1. The van der Waals surface area contributed by atoms with Crippen LogP contribution in [0.5, 0.6) is 5.75 Å². The molecule has 23 heavy (non-hydrogen) atoms. The number of alkyl carbamates (subject to hydrolysis) is 1. The molecule has 1 aromatic carbocycles. The van der Waals surface area contributed by atoms with Gasteiger partial charge in [-0.15, -0.1) is 0 Å². The number of carbonyl (C=O) groups is 2. The Morgan fingerprint density at radius 2 is 1.74 bits per heavy atom. The summed E-state index contributed by atoms with van der Waals surface area (Å²) in [5, 5.41) is 2.41. The van der Waals surface area contributed by atoms with E-state index < -0.39 is 25.9 Å². The van der Waals surface area contributed by atoms with Crippen LogP contribution in [0.4, 0.5) is 4.79 Å². The first-order valence-electron chi connectivity index (χ1n) is 7.15. The number of rotatable bonds is 8. The Balaban J connectivity index is 2.00. The number of ether oxygens (including phenoxy) is 1. The molecule has 0 unspecified atom stereocenters. The first-order chi connectivity index (χ1) is 11.0. The molecule has 1 aliphatic rings. The van der Waals surface area contributed by atoms with Crippen LogP contribution in [0.1, 0.15) is 19.4 Å². The monoisotopic (exact) mass is 343 g/mol. The average Bonchev–Trinajstić information content (AvgIpc) is 2.79. The summed E-state index contributed by atoms with van der Waals surface area (Å²) in [6, 6.07) is 5.85. The van der Waals surface area contributed by atoms with Crippen LogP contribution in [0.25, 0.3) is 0 Å². The highest BCUT2D eigenvalue weighted by molar-refractivity contribution is 7.48. The highest BCUT2D eigenvalue weighted by Crippen LogP contribution is 2.49. The fraction of sp³-hybridized carbons (Fsp3) is 0.429. The maximum atomic E-state index is 12.2. The minimum absolute atomic E-state index is 0.193. The number of benzene rings is 1. The lowest BCUT2D eigenvalue weighted by Gasteiger charge is -2.17. The quantitative estimate of drug-likeness (QED) is 0.439. The van der Waals surface area contributed by atoms with Crippen molar-refractivity contribution in [2.75, 3.05) is 13.2 Å². The molecule has 126 valence electrons. The summed E-state index contributed by atoms with van der Waals surface area (Å²) >= 11 is 0. The molecule has 0 radical (unpaired) electrons. The molecule has 1 aromatic rings. The Labute approximate surface area is 133 Å². The Kier molecular flexibility index (Phi) is 5.76. The summed E-state index contributed by atoms with van der Waals surface area (Å²) in [5.41, 5.74) is 0.782. The molecule has 1 saturated heterocycles. The molecule has 1 atom stereocenters. The number of cyclic esters (lactones) is 2. The molecule has 1 heterocycles. The standard InChI is InChI=1S/C14H18NO7P/c1-3-19-23(18,20-4-2)22-11-7-5-10(6-8-11)9-12-13(16)21-14(17)15-12/h5-8,12H,3-4,9H2,1-2H3,(H,15,17)/t12-/m1/s1. The van der Waals surface area contributed by atoms with E-state index in [1.807, 2.05) is 0 Å². The molecule has 1 aliphatic heterocycles. The van der Waals surface area contributed by atoms with E-state index >= 15 is 0 Å². The molecule has 0 aliphatic carbocycles. The van der Waals surface area contributed by atoms with Gasteiger partial charge in [0.15, 0.2) is 0 Å². The maximum Gasteiger partial charge on any atom is 0.530 e. The second-order valence-corrected chi connectivity index (χ2v) is 6.22. The van der Waals surface area contributed by atoms with Gasteiger partial charge in [-0.1, -0.05) is 12.1 Å². The second-order valence-electron chi connectivity index (χ2n) is 4.63. The number of amides is 1. The third-order valence-corrected chi connectivity index (χ3v) is 4.51. The number of nitrogens with one attached hydrogen (secondary N) is 1. The molecule has 8 nitrogen and oxygen atoms in total. The Hall–Kier alpha value is -1.89. The Bertz CT molecular complexity index is 606. The zero-order chi connectivity index (χ0) is 16.9. The minimum atomic E-state index is -3.63. The molecule has 1 fully saturated rings. The van der Waals surface area contributed by atoms with Crippen LogP contribution in [-0.2, 0) is 29.6 Å². The van der Waals surface area contributed by atoms with Gasteiger partial charge in [0, 0.05) is 6.42 Å². The van der Waals surface area contributed by atoms with Crippen LogP contribution in [0.2, 0.25) is 0 Å². The summed E-state index contributed by atoms with van der Waals surface area (Å²) in [4.78, 5) is 22.3. The Morgan fingerprint density at radius 1 is 1.13 bits per heavy atom. The van der Waals surface area contributed by atoms with Gasteiger partial charge in [0.05, 0.1) is 13.2 Å². The van der Waals surface area contributed by atoms with E-state index in [0.717, 1.165) is 5.56 Å². The van der Waals surface area contributed by atoms with Crippen molar-refractivity contribution in [1.82, 2.24) is 5.32 Å². The summed E-state index contributed by atoms with van der Waals surface area (Å²) in [6.45, 7) is 3.76. The van der Waals surface area contributed by atoms with E-state index in [-0.39, 0.29) is 13.2 Å². The average molecular weight is 343 g/mol. The molecular weight excluding hydrogens is 325 g/mol. The van der Waals surface area contributed by atoms with Crippen molar-refractivity contribution in [3.05, 3.63) is 29.8 Å². The van der Waals surface area contributed by atoms with Crippen molar-refractivity contribution in [2.45, 2.75) is 26.3 Å². The number of carbonyl (C=O) groups excluding carboxylic acids is 2. The maximum absolute atomic E-state index is 12.2. The molecule has 1 N–H and O–H groups in total. The zero-order valence-corrected chi connectivity index (χ0v) is 13.7. The third kappa shape index (κ3) is 4.79. The topological polar surface area (TPSA) is 100 Å². The molecule has 0 aromatic heterocycles. The smallest absolute Gasteiger partial charge is 0.404 e. The van der Waals surface area contributed by atoms with E-state index in [1.54, 1.807) is 38.1 Å². The fourth-order valence-electron chi connectivity index (χ4n) is 1.98. The molecular formula is C14H18NO7P. The summed E-state index contributed by atoms with van der Waals surface area (Å²) in [7, 11) is -3.63. The van der Waals surface area contributed by atoms with Gasteiger partial charge in [0.1, 0.15) is 11.8 Å². The molecule has 2 rings (SSSR count). The summed E-state index contributed by atoms with van der Waals surface area (Å²) in [5.74, 6) is -0.287. The van der Waals surface area contributed by atoms with Crippen LogP contribution >= 0.6 is 7.82 Å². The van der Waals surface area contributed by atoms with Crippen LogP contribution in [0, 0.1) is 0 Å². The lowest BCUT2D eigenvalue weighted by Crippen LogP contribution is -2.30. The minimum Gasteiger partial charge on any atom is -0.404 e. The number of esters is 1. The van der Waals surface area contributed by atoms with Gasteiger partial charge in [-0.2, -0.15) is 0 Å². The molecule has 0 saturated carbocycles. The fourth-order valence-corrected chi connectivity index (χ4v) is 3.18. The van der Waals surface area contributed by atoms with Gasteiger partial charge in [-0.05, 0) is 31.5 Å². The highest BCUT2D eigenvalue weighted by Gasteiger charge is 2.32. The van der Waals surface area contributed by atoms with Gasteiger partial charge in [0.2, 0.25) is 0 Å². The van der Waals surface area contributed by atoms with Crippen LogP contribution in [-0.4, -0.2) is 31.3 Å². The van der Waals surface area contributed by atoms with Gasteiger partial charge in [-0.3, -0.25) is 9.05 Å². The van der Waals surface area contributed by atoms with E-state index in [4.69, 9.17) is 13.6 Å². The highest BCUT2D eigenvalue weighted by atomic mass is 31.2. The largest absolute Gasteiger partial charge is 0.530 e. The first-order valence-corrected chi connectivity index (χ1v) is 8.61. The summed E-state index contributed by atoms with van der Waals surface area (Å²) in [6.07, 6.45) is -0.450.